The second-order valence-corrected chi connectivity index (χ2v) is 5.92. The molecule has 0 aliphatic carbocycles. The van der Waals surface area contributed by atoms with Gasteiger partial charge in [-0.15, -0.1) is 24.0 Å². The highest BCUT2D eigenvalue weighted by molar-refractivity contribution is 14.0. The summed E-state index contributed by atoms with van der Waals surface area (Å²) in [6.07, 6.45) is 0. The van der Waals surface area contributed by atoms with Crippen molar-refractivity contribution in [2.75, 3.05) is 20.2 Å². The molecular weight excluding hydrogens is 473 g/mol. The number of methoxy groups -OCH3 is 1. The first kappa shape index (κ1) is 23.7. The minimum atomic E-state index is -0.161. The highest BCUT2D eigenvalue weighted by Gasteiger charge is 2.07. The maximum atomic E-state index is 12.0. The smallest absolute Gasteiger partial charge is 0.242 e. The molecule has 2 rings (SSSR count). The molecule has 8 nitrogen and oxygen atoms in total. The van der Waals surface area contributed by atoms with Crippen LogP contribution in [-0.2, 0) is 17.9 Å². The second kappa shape index (κ2) is 12.2. The molecule has 0 atom stereocenters. The largest absolute Gasteiger partial charge is 0.497 e. The van der Waals surface area contributed by atoms with Crippen LogP contribution in [0.3, 0.4) is 0 Å². The van der Waals surface area contributed by atoms with Crippen molar-refractivity contribution in [2.24, 2.45) is 4.99 Å². The van der Waals surface area contributed by atoms with Gasteiger partial charge < -0.3 is 25.1 Å². The molecule has 154 valence electrons. The van der Waals surface area contributed by atoms with E-state index in [9.17, 15) is 4.79 Å². The Balaban J connectivity index is 0.00000392. The molecular formula is C19H28IN5O3. The number of nitrogens with one attached hydrogen (secondary N) is 3. The van der Waals surface area contributed by atoms with Crippen LogP contribution in [0, 0.1) is 13.8 Å². The van der Waals surface area contributed by atoms with E-state index in [0.717, 1.165) is 22.8 Å². The molecule has 0 saturated carbocycles. The Morgan fingerprint density at radius 2 is 1.86 bits per heavy atom. The maximum Gasteiger partial charge on any atom is 0.242 e. The summed E-state index contributed by atoms with van der Waals surface area (Å²) in [5, 5.41) is 9.04. The number of guanidine groups is 1. The topological polar surface area (TPSA) is 101 Å². The molecule has 0 spiro atoms. The molecule has 9 heteroatoms. The van der Waals surface area contributed by atoms with Crippen LogP contribution in [0.2, 0.25) is 0 Å². The molecule has 1 aromatic heterocycles. The van der Waals surface area contributed by atoms with Crippen molar-refractivity contribution in [3.05, 3.63) is 47.2 Å². The minimum absolute atomic E-state index is 0. The van der Waals surface area contributed by atoms with Gasteiger partial charge >= 0.3 is 0 Å². The zero-order valence-electron chi connectivity index (χ0n) is 16.7. The quantitative estimate of drug-likeness (QED) is 0.292. The molecule has 1 heterocycles. The van der Waals surface area contributed by atoms with Gasteiger partial charge in [0.25, 0.3) is 0 Å². The summed E-state index contributed by atoms with van der Waals surface area (Å²) in [6.45, 7) is 7.27. The van der Waals surface area contributed by atoms with Gasteiger partial charge in [-0.3, -0.25) is 4.79 Å². The van der Waals surface area contributed by atoms with Gasteiger partial charge in [-0.2, -0.15) is 0 Å². The average molecular weight is 501 g/mol. The number of aliphatic imine (C=N–C) groups is 1. The third kappa shape index (κ3) is 7.75. The lowest BCUT2D eigenvalue weighted by Crippen LogP contribution is -2.38. The Labute approximate surface area is 182 Å². The SMILES string of the molecule is CCNC(=NCC(=O)NCc1ccc(OC)cc1)NCc1nc(C)c(C)o1.I. The summed E-state index contributed by atoms with van der Waals surface area (Å²) in [5.41, 5.74) is 1.86. The van der Waals surface area contributed by atoms with Crippen LogP contribution >= 0.6 is 24.0 Å². The molecule has 0 saturated heterocycles. The lowest BCUT2D eigenvalue weighted by atomic mass is 10.2. The maximum absolute atomic E-state index is 12.0. The third-order valence-electron chi connectivity index (χ3n) is 3.85. The first-order chi connectivity index (χ1) is 13.0. The summed E-state index contributed by atoms with van der Waals surface area (Å²) in [7, 11) is 1.62. The number of carbonyl (C=O) groups is 1. The Morgan fingerprint density at radius 3 is 2.43 bits per heavy atom. The lowest BCUT2D eigenvalue weighted by Gasteiger charge is -2.10. The van der Waals surface area contributed by atoms with Crippen molar-refractivity contribution >= 4 is 35.8 Å². The van der Waals surface area contributed by atoms with Gasteiger partial charge in [0.05, 0.1) is 19.3 Å². The summed E-state index contributed by atoms with van der Waals surface area (Å²) in [6, 6.07) is 7.54. The van der Waals surface area contributed by atoms with Crippen LogP contribution in [0.25, 0.3) is 0 Å². The lowest BCUT2D eigenvalue weighted by molar-refractivity contribution is -0.119. The van der Waals surface area contributed by atoms with Gasteiger partial charge in [0.1, 0.15) is 18.1 Å². The van der Waals surface area contributed by atoms with E-state index in [4.69, 9.17) is 9.15 Å². The Hall–Kier alpha value is -2.30. The van der Waals surface area contributed by atoms with E-state index in [-0.39, 0.29) is 36.4 Å². The van der Waals surface area contributed by atoms with E-state index in [2.05, 4.69) is 25.9 Å². The van der Waals surface area contributed by atoms with Gasteiger partial charge in [0, 0.05) is 13.1 Å². The number of hydrogen-bond acceptors (Lipinski definition) is 5. The summed E-state index contributed by atoms with van der Waals surface area (Å²) < 4.78 is 10.6. The molecule has 0 aliphatic heterocycles. The summed E-state index contributed by atoms with van der Waals surface area (Å²) in [5.74, 6) is 2.54. The molecule has 0 unspecified atom stereocenters. The monoisotopic (exact) mass is 501 g/mol. The fourth-order valence-electron chi connectivity index (χ4n) is 2.27. The summed E-state index contributed by atoms with van der Waals surface area (Å²) >= 11 is 0. The summed E-state index contributed by atoms with van der Waals surface area (Å²) in [4.78, 5) is 20.6. The molecule has 3 N–H and O–H groups in total. The normalized spacial score (nSPS) is 10.8. The van der Waals surface area contributed by atoms with E-state index in [1.54, 1.807) is 7.11 Å². The zero-order valence-corrected chi connectivity index (χ0v) is 19.0. The predicted octanol–water partition coefficient (Wildman–Crippen LogP) is 2.29. The molecule has 0 aliphatic rings. The average Bonchev–Trinajstić information content (AvgIpc) is 3.00. The number of nitrogens with zero attached hydrogens (tertiary/aromatic N) is 2. The van der Waals surface area contributed by atoms with E-state index >= 15 is 0 Å². The number of oxazole rings is 1. The fourth-order valence-corrected chi connectivity index (χ4v) is 2.27. The van der Waals surface area contributed by atoms with Gasteiger partial charge in [0.2, 0.25) is 11.8 Å². The van der Waals surface area contributed by atoms with Crippen LogP contribution in [0.15, 0.2) is 33.7 Å². The van der Waals surface area contributed by atoms with Crippen LogP contribution in [0.5, 0.6) is 5.75 Å². The van der Waals surface area contributed by atoms with Crippen molar-refractivity contribution in [3.8, 4) is 5.75 Å². The number of halogens is 1. The number of amides is 1. The Kier molecular flexibility index (Phi) is 10.4. The number of rotatable bonds is 8. The fraction of sp³-hybridized carbons (Fsp3) is 0.421. The number of carbonyl (C=O) groups excluding carboxylic acids is 1. The zero-order chi connectivity index (χ0) is 19.6. The highest BCUT2D eigenvalue weighted by atomic mass is 127. The van der Waals surface area contributed by atoms with Crippen LogP contribution < -0.4 is 20.7 Å². The number of benzene rings is 1. The number of aryl methyl sites for hydroxylation is 2. The highest BCUT2D eigenvalue weighted by Crippen LogP contribution is 2.11. The van der Waals surface area contributed by atoms with Gasteiger partial charge in [-0.1, -0.05) is 12.1 Å². The van der Waals surface area contributed by atoms with Gasteiger partial charge in [-0.05, 0) is 38.5 Å². The Bertz CT molecular complexity index is 755. The van der Waals surface area contributed by atoms with E-state index < -0.39 is 0 Å². The molecule has 0 radical (unpaired) electrons. The van der Waals surface area contributed by atoms with Crippen molar-refractivity contribution in [3.63, 3.8) is 0 Å². The molecule has 0 bridgehead atoms. The number of hydrogen-bond donors (Lipinski definition) is 3. The van der Waals surface area contributed by atoms with Crippen molar-refractivity contribution in [1.29, 1.82) is 0 Å². The molecule has 2 aromatic rings. The first-order valence-corrected chi connectivity index (χ1v) is 8.86. The van der Waals surface area contributed by atoms with E-state index in [0.29, 0.717) is 31.5 Å². The van der Waals surface area contributed by atoms with Crippen LogP contribution in [-0.4, -0.2) is 37.1 Å². The molecule has 1 aromatic carbocycles. The van der Waals surface area contributed by atoms with Crippen molar-refractivity contribution in [1.82, 2.24) is 20.9 Å². The van der Waals surface area contributed by atoms with Crippen molar-refractivity contribution < 1.29 is 13.9 Å². The molecule has 1 amide bonds. The van der Waals surface area contributed by atoms with Gasteiger partial charge in [-0.25, -0.2) is 9.98 Å². The van der Waals surface area contributed by atoms with E-state index in [1.807, 2.05) is 45.0 Å². The third-order valence-corrected chi connectivity index (χ3v) is 3.85. The predicted molar refractivity (Wildman–Crippen MR) is 119 cm³/mol. The first-order valence-electron chi connectivity index (χ1n) is 8.86. The number of aromatic nitrogens is 1. The Morgan fingerprint density at radius 1 is 1.14 bits per heavy atom. The minimum Gasteiger partial charge on any atom is -0.497 e. The van der Waals surface area contributed by atoms with E-state index in [1.165, 1.54) is 0 Å². The standard InChI is InChI=1S/C19H27N5O3.HI/c1-5-20-19(23-12-18-24-13(2)14(3)27-18)22-11-17(25)21-10-15-6-8-16(26-4)9-7-15;/h6-9H,5,10-12H2,1-4H3,(H,21,25)(H2,20,22,23);1H. The number of ether oxygens (including phenoxy) is 1. The van der Waals surface area contributed by atoms with Crippen LogP contribution in [0.1, 0.15) is 29.8 Å². The second-order valence-electron chi connectivity index (χ2n) is 5.92. The van der Waals surface area contributed by atoms with Gasteiger partial charge in [0.15, 0.2) is 5.96 Å². The van der Waals surface area contributed by atoms with Crippen molar-refractivity contribution in [2.45, 2.75) is 33.9 Å². The van der Waals surface area contributed by atoms with Crippen LogP contribution in [0.4, 0.5) is 0 Å². The molecule has 28 heavy (non-hydrogen) atoms. The molecule has 0 fully saturated rings.